The number of nitrogens with zero attached hydrogens (tertiary/aromatic N) is 1. The monoisotopic (exact) mass is 277 g/mol. The quantitative estimate of drug-likeness (QED) is 0.804. The van der Waals surface area contributed by atoms with Gasteiger partial charge < -0.3 is 16.0 Å². The number of nitrogens with two attached hydrogens (primary N) is 1. The molecule has 1 amide bonds. The van der Waals surface area contributed by atoms with Crippen LogP contribution >= 0.6 is 0 Å². The Morgan fingerprint density at radius 3 is 2.30 bits per heavy atom. The first kappa shape index (κ1) is 16.5. The molecule has 2 unspecified atom stereocenters. The normalized spacial score (nSPS) is 13.7. The zero-order valence-corrected chi connectivity index (χ0v) is 13.0. The van der Waals surface area contributed by atoms with Crippen molar-refractivity contribution in [3.63, 3.8) is 0 Å². The van der Waals surface area contributed by atoms with Crippen LogP contribution in [-0.2, 0) is 11.3 Å². The van der Waals surface area contributed by atoms with Crippen LogP contribution in [0, 0.1) is 0 Å². The van der Waals surface area contributed by atoms with Crippen LogP contribution in [0.15, 0.2) is 24.3 Å². The van der Waals surface area contributed by atoms with E-state index in [9.17, 15) is 4.79 Å². The standard InChI is InChI=1S/C16H27N3O/c1-5-12(3)18-16(20)13(4)19(6-2)15-9-7-14(11-17)8-10-15/h7-10,12-13H,5-6,11,17H2,1-4H3,(H,18,20). The third-order valence-electron chi connectivity index (χ3n) is 3.69. The summed E-state index contributed by atoms with van der Waals surface area (Å²) >= 11 is 0. The van der Waals surface area contributed by atoms with E-state index >= 15 is 0 Å². The minimum atomic E-state index is -0.183. The summed E-state index contributed by atoms with van der Waals surface area (Å²) in [7, 11) is 0. The molecule has 0 aliphatic carbocycles. The number of benzene rings is 1. The highest BCUT2D eigenvalue weighted by atomic mass is 16.2. The first-order valence-electron chi connectivity index (χ1n) is 7.39. The van der Waals surface area contributed by atoms with Crippen LogP contribution in [0.4, 0.5) is 5.69 Å². The Kier molecular flexibility index (Phi) is 6.52. The predicted octanol–water partition coefficient (Wildman–Crippen LogP) is 2.27. The van der Waals surface area contributed by atoms with E-state index < -0.39 is 0 Å². The molecule has 3 N–H and O–H groups in total. The fraction of sp³-hybridized carbons (Fsp3) is 0.562. The summed E-state index contributed by atoms with van der Waals surface area (Å²) in [5, 5.41) is 3.04. The maximum absolute atomic E-state index is 12.2. The van der Waals surface area contributed by atoms with Gasteiger partial charge in [-0.15, -0.1) is 0 Å². The van der Waals surface area contributed by atoms with E-state index in [-0.39, 0.29) is 18.0 Å². The Labute approximate surface area is 122 Å². The Balaban J connectivity index is 2.80. The van der Waals surface area contributed by atoms with Gasteiger partial charge in [0.05, 0.1) is 0 Å². The van der Waals surface area contributed by atoms with Gasteiger partial charge >= 0.3 is 0 Å². The topological polar surface area (TPSA) is 58.4 Å². The van der Waals surface area contributed by atoms with Crippen molar-refractivity contribution in [2.24, 2.45) is 5.73 Å². The zero-order chi connectivity index (χ0) is 15.1. The van der Waals surface area contributed by atoms with Gasteiger partial charge in [-0.1, -0.05) is 19.1 Å². The maximum atomic E-state index is 12.2. The molecule has 0 fully saturated rings. The lowest BCUT2D eigenvalue weighted by Crippen LogP contribution is -2.47. The van der Waals surface area contributed by atoms with E-state index in [1.54, 1.807) is 0 Å². The zero-order valence-electron chi connectivity index (χ0n) is 13.0. The predicted molar refractivity (Wildman–Crippen MR) is 84.7 cm³/mol. The number of likely N-dealkylation sites (N-methyl/N-ethyl adjacent to an activating group) is 1. The van der Waals surface area contributed by atoms with Gasteiger partial charge in [-0.2, -0.15) is 0 Å². The average molecular weight is 277 g/mol. The highest BCUT2D eigenvalue weighted by Crippen LogP contribution is 2.18. The Morgan fingerprint density at radius 2 is 1.85 bits per heavy atom. The number of hydrogen-bond acceptors (Lipinski definition) is 3. The number of hydrogen-bond donors (Lipinski definition) is 2. The highest BCUT2D eigenvalue weighted by molar-refractivity contribution is 5.85. The number of anilines is 1. The second kappa shape index (κ2) is 7.90. The number of nitrogens with one attached hydrogen (secondary N) is 1. The smallest absolute Gasteiger partial charge is 0.242 e. The molecular weight excluding hydrogens is 250 g/mol. The summed E-state index contributed by atoms with van der Waals surface area (Å²) in [5.41, 5.74) is 7.76. The number of carbonyl (C=O) groups is 1. The third-order valence-corrected chi connectivity index (χ3v) is 3.69. The van der Waals surface area contributed by atoms with Crippen LogP contribution in [-0.4, -0.2) is 24.5 Å². The van der Waals surface area contributed by atoms with Crippen molar-refractivity contribution in [2.75, 3.05) is 11.4 Å². The van der Waals surface area contributed by atoms with Crippen LogP contribution < -0.4 is 16.0 Å². The average Bonchev–Trinajstić information content (AvgIpc) is 2.48. The molecule has 1 aromatic carbocycles. The highest BCUT2D eigenvalue weighted by Gasteiger charge is 2.21. The molecule has 4 heteroatoms. The van der Waals surface area contributed by atoms with Gasteiger partial charge in [0.1, 0.15) is 6.04 Å². The Bertz CT molecular complexity index is 416. The molecule has 0 radical (unpaired) electrons. The lowest BCUT2D eigenvalue weighted by molar-refractivity contribution is -0.122. The van der Waals surface area contributed by atoms with Crippen molar-refractivity contribution in [2.45, 2.75) is 52.7 Å². The van der Waals surface area contributed by atoms with E-state index in [0.29, 0.717) is 6.54 Å². The van der Waals surface area contributed by atoms with Crippen LogP contribution in [0.5, 0.6) is 0 Å². The van der Waals surface area contributed by atoms with Crippen LogP contribution in [0.25, 0.3) is 0 Å². The van der Waals surface area contributed by atoms with Gasteiger partial charge in [-0.05, 0) is 44.9 Å². The molecule has 20 heavy (non-hydrogen) atoms. The largest absolute Gasteiger partial charge is 0.360 e. The number of rotatable bonds is 7. The van der Waals surface area contributed by atoms with Crippen molar-refractivity contribution in [3.8, 4) is 0 Å². The van der Waals surface area contributed by atoms with Gasteiger partial charge in [0.15, 0.2) is 0 Å². The van der Waals surface area contributed by atoms with Gasteiger partial charge in [0.25, 0.3) is 0 Å². The van der Waals surface area contributed by atoms with Crippen molar-refractivity contribution in [1.82, 2.24) is 5.32 Å². The minimum Gasteiger partial charge on any atom is -0.360 e. The van der Waals surface area contributed by atoms with Crippen molar-refractivity contribution >= 4 is 11.6 Å². The van der Waals surface area contributed by atoms with E-state index in [1.807, 2.05) is 38.1 Å². The van der Waals surface area contributed by atoms with Gasteiger partial charge in [-0.3, -0.25) is 4.79 Å². The molecule has 112 valence electrons. The molecular formula is C16H27N3O. The Morgan fingerprint density at radius 1 is 1.25 bits per heavy atom. The summed E-state index contributed by atoms with van der Waals surface area (Å²) in [4.78, 5) is 14.3. The third kappa shape index (κ3) is 4.23. The molecule has 0 spiro atoms. The van der Waals surface area contributed by atoms with Crippen molar-refractivity contribution in [1.29, 1.82) is 0 Å². The molecule has 4 nitrogen and oxygen atoms in total. The fourth-order valence-electron chi connectivity index (χ4n) is 2.11. The van der Waals surface area contributed by atoms with Crippen LogP contribution in [0.3, 0.4) is 0 Å². The first-order valence-corrected chi connectivity index (χ1v) is 7.39. The molecule has 2 atom stereocenters. The van der Waals surface area contributed by atoms with Gasteiger partial charge in [0.2, 0.25) is 5.91 Å². The minimum absolute atomic E-state index is 0.0732. The van der Waals surface area contributed by atoms with E-state index in [1.165, 1.54) is 0 Å². The van der Waals surface area contributed by atoms with Gasteiger partial charge in [-0.25, -0.2) is 0 Å². The molecule has 1 aromatic rings. The molecule has 0 saturated heterocycles. The van der Waals surface area contributed by atoms with Gasteiger partial charge in [0, 0.05) is 24.8 Å². The van der Waals surface area contributed by atoms with Crippen LogP contribution in [0.2, 0.25) is 0 Å². The number of amides is 1. The number of carbonyl (C=O) groups excluding carboxylic acids is 1. The van der Waals surface area contributed by atoms with E-state index in [2.05, 4.69) is 24.1 Å². The lowest BCUT2D eigenvalue weighted by Gasteiger charge is -2.30. The molecule has 0 aromatic heterocycles. The Hall–Kier alpha value is -1.55. The second-order valence-electron chi connectivity index (χ2n) is 5.15. The van der Waals surface area contributed by atoms with Crippen molar-refractivity contribution in [3.05, 3.63) is 29.8 Å². The summed E-state index contributed by atoms with van der Waals surface area (Å²) in [5.74, 6) is 0.0732. The lowest BCUT2D eigenvalue weighted by atomic mass is 10.1. The molecule has 0 aliphatic heterocycles. The van der Waals surface area contributed by atoms with E-state index in [0.717, 1.165) is 24.2 Å². The summed E-state index contributed by atoms with van der Waals surface area (Å²) in [6.45, 7) is 9.42. The van der Waals surface area contributed by atoms with E-state index in [4.69, 9.17) is 5.73 Å². The molecule has 1 rings (SSSR count). The SMILES string of the molecule is CCC(C)NC(=O)C(C)N(CC)c1ccc(CN)cc1. The maximum Gasteiger partial charge on any atom is 0.242 e. The van der Waals surface area contributed by atoms with Crippen molar-refractivity contribution < 1.29 is 4.79 Å². The summed E-state index contributed by atoms with van der Waals surface area (Å²) < 4.78 is 0. The van der Waals surface area contributed by atoms with Crippen LogP contribution in [0.1, 0.15) is 39.7 Å². The molecule has 0 saturated carbocycles. The first-order chi connectivity index (χ1) is 9.53. The summed E-state index contributed by atoms with van der Waals surface area (Å²) in [6, 6.07) is 8.10. The molecule has 0 aliphatic rings. The second-order valence-corrected chi connectivity index (χ2v) is 5.15. The molecule has 0 heterocycles. The fourth-order valence-corrected chi connectivity index (χ4v) is 2.11. The molecule has 0 bridgehead atoms. The summed E-state index contributed by atoms with van der Waals surface area (Å²) in [6.07, 6.45) is 0.940.